The van der Waals surface area contributed by atoms with E-state index < -0.39 is 9.84 Å². The van der Waals surface area contributed by atoms with E-state index in [2.05, 4.69) is 4.90 Å². The molecular formula is C12H17NO3S. The van der Waals surface area contributed by atoms with E-state index in [1.165, 1.54) is 0 Å². The molecule has 0 bridgehead atoms. The summed E-state index contributed by atoms with van der Waals surface area (Å²) in [6, 6.07) is 5.65. The summed E-state index contributed by atoms with van der Waals surface area (Å²) in [7, 11) is -2.83. The van der Waals surface area contributed by atoms with Crippen LogP contribution in [0.3, 0.4) is 0 Å². The molecule has 1 aliphatic heterocycles. The number of hydrogen-bond acceptors (Lipinski definition) is 4. The minimum Gasteiger partial charge on any atom is -0.507 e. The lowest BCUT2D eigenvalue weighted by atomic mass is 10.1. The van der Waals surface area contributed by atoms with Gasteiger partial charge in [-0.25, -0.2) is 8.42 Å². The van der Waals surface area contributed by atoms with Crippen molar-refractivity contribution in [2.45, 2.75) is 13.5 Å². The van der Waals surface area contributed by atoms with Crippen LogP contribution in [0.1, 0.15) is 11.1 Å². The van der Waals surface area contributed by atoms with Crippen LogP contribution < -0.4 is 0 Å². The van der Waals surface area contributed by atoms with Crippen LogP contribution in [0.5, 0.6) is 5.75 Å². The number of phenolic OH excluding ortho intramolecular Hbond substituents is 1. The molecule has 1 saturated heterocycles. The van der Waals surface area contributed by atoms with Crippen molar-refractivity contribution in [1.82, 2.24) is 4.90 Å². The lowest BCUT2D eigenvalue weighted by Gasteiger charge is -2.26. The Balaban J connectivity index is 2.05. The van der Waals surface area contributed by atoms with Gasteiger partial charge in [0.25, 0.3) is 0 Å². The fraction of sp³-hybridized carbons (Fsp3) is 0.500. The van der Waals surface area contributed by atoms with Crippen molar-refractivity contribution in [3.8, 4) is 5.75 Å². The molecule has 1 aliphatic rings. The molecule has 0 radical (unpaired) electrons. The van der Waals surface area contributed by atoms with Gasteiger partial charge in [-0.2, -0.15) is 0 Å². The average molecular weight is 255 g/mol. The van der Waals surface area contributed by atoms with Crippen LogP contribution in [0.25, 0.3) is 0 Å². The maximum atomic E-state index is 11.3. The molecule has 1 aromatic rings. The van der Waals surface area contributed by atoms with Crippen molar-refractivity contribution in [3.63, 3.8) is 0 Å². The Morgan fingerprint density at radius 2 is 1.94 bits per heavy atom. The summed E-state index contributed by atoms with van der Waals surface area (Å²) in [5.74, 6) is 0.764. The lowest BCUT2D eigenvalue weighted by molar-refractivity contribution is 0.283. The SMILES string of the molecule is Cc1cccc(CN2CCS(=O)(=O)CC2)c1O. The van der Waals surface area contributed by atoms with E-state index in [-0.39, 0.29) is 11.5 Å². The van der Waals surface area contributed by atoms with E-state index in [1.807, 2.05) is 25.1 Å². The maximum absolute atomic E-state index is 11.3. The van der Waals surface area contributed by atoms with E-state index in [0.717, 1.165) is 11.1 Å². The number of aromatic hydroxyl groups is 1. The molecule has 0 aliphatic carbocycles. The first kappa shape index (κ1) is 12.4. The van der Waals surface area contributed by atoms with Crippen molar-refractivity contribution >= 4 is 9.84 Å². The third-order valence-electron chi connectivity index (χ3n) is 3.15. The van der Waals surface area contributed by atoms with Crippen LogP contribution in [0.2, 0.25) is 0 Å². The summed E-state index contributed by atoms with van der Waals surface area (Å²) < 4.78 is 22.6. The molecule has 1 fully saturated rings. The second kappa shape index (κ2) is 4.66. The summed E-state index contributed by atoms with van der Waals surface area (Å²) in [6.07, 6.45) is 0. The first-order valence-corrected chi connectivity index (χ1v) is 7.50. The summed E-state index contributed by atoms with van der Waals surface area (Å²) >= 11 is 0. The molecule has 4 nitrogen and oxygen atoms in total. The Kier molecular flexibility index (Phi) is 3.40. The number of sulfone groups is 1. The fourth-order valence-corrected chi connectivity index (χ4v) is 3.27. The minimum absolute atomic E-state index is 0.222. The number of rotatable bonds is 2. The molecular weight excluding hydrogens is 238 g/mol. The van der Waals surface area contributed by atoms with Crippen molar-refractivity contribution in [2.24, 2.45) is 0 Å². The molecule has 1 heterocycles. The minimum atomic E-state index is -2.83. The number of aryl methyl sites for hydroxylation is 1. The Hall–Kier alpha value is -1.07. The molecule has 0 atom stereocenters. The van der Waals surface area contributed by atoms with Gasteiger partial charge in [-0.3, -0.25) is 4.90 Å². The van der Waals surface area contributed by atoms with Crippen LogP contribution in [-0.2, 0) is 16.4 Å². The van der Waals surface area contributed by atoms with E-state index in [9.17, 15) is 13.5 Å². The van der Waals surface area contributed by atoms with Crippen molar-refractivity contribution in [3.05, 3.63) is 29.3 Å². The fourth-order valence-electron chi connectivity index (χ4n) is 2.00. The van der Waals surface area contributed by atoms with Crippen LogP contribution in [-0.4, -0.2) is 43.0 Å². The van der Waals surface area contributed by atoms with Gasteiger partial charge in [0.05, 0.1) is 11.5 Å². The number of para-hydroxylation sites is 1. The summed E-state index contributed by atoms with van der Waals surface area (Å²) in [5.41, 5.74) is 1.72. The molecule has 0 aromatic heterocycles. The zero-order valence-electron chi connectivity index (χ0n) is 9.89. The second-order valence-electron chi connectivity index (χ2n) is 4.51. The van der Waals surface area contributed by atoms with Gasteiger partial charge < -0.3 is 5.11 Å². The molecule has 2 rings (SSSR count). The predicted molar refractivity (Wildman–Crippen MR) is 66.8 cm³/mol. The number of benzene rings is 1. The standard InChI is InChI=1S/C12H17NO3S/c1-10-3-2-4-11(12(10)14)9-13-5-7-17(15,16)8-6-13/h2-4,14H,5-9H2,1H3. The van der Waals surface area contributed by atoms with E-state index in [0.29, 0.717) is 25.4 Å². The largest absolute Gasteiger partial charge is 0.507 e. The zero-order chi connectivity index (χ0) is 12.5. The highest BCUT2D eigenvalue weighted by Gasteiger charge is 2.22. The smallest absolute Gasteiger partial charge is 0.152 e. The van der Waals surface area contributed by atoms with Gasteiger partial charge in [0.1, 0.15) is 5.75 Å². The van der Waals surface area contributed by atoms with Gasteiger partial charge in [0.2, 0.25) is 0 Å². The molecule has 0 saturated carbocycles. The first-order valence-electron chi connectivity index (χ1n) is 5.68. The molecule has 0 spiro atoms. The van der Waals surface area contributed by atoms with E-state index in [1.54, 1.807) is 0 Å². The lowest BCUT2D eigenvalue weighted by Crippen LogP contribution is -2.39. The molecule has 5 heteroatoms. The average Bonchev–Trinajstić information content (AvgIpc) is 2.27. The third kappa shape index (κ3) is 2.98. The highest BCUT2D eigenvalue weighted by atomic mass is 32.2. The highest BCUT2D eigenvalue weighted by molar-refractivity contribution is 7.91. The van der Waals surface area contributed by atoms with Crippen LogP contribution in [0.15, 0.2) is 18.2 Å². The summed E-state index contributed by atoms with van der Waals surface area (Å²) in [5, 5.41) is 9.89. The van der Waals surface area contributed by atoms with Crippen molar-refractivity contribution in [1.29, 1.82) is 0 Å². The Morgan fingerprint density at radius 1 is 1.29 bits per heavy atom. The normalized spacial score (nSPS) is 20.3. The quantitative estimate of drug-likeness (QED) is 0.854. The predicted octanol–water partition coefficient (Wildman–Crippen LogP) is 0.931. The van der Waals surface area contributed by atoms with Gasteiger partial charge in [-0.15, -0.1) is 0 Å². The Morgan fingerprint density at radius 3 is 2.59 bits per heavy atom. The van der Waals surface area contributed by atoms with E-state index in [4.69, 9.17) is 0 Å². The van der Waals surface area contributed by atoms with Crippen LogP contribution in [0.4, 0.5) is 0 Å². The highest BCUT2D eigenvalue weighted by Crippen LogP contribution is 2.23. The Labute approximate surface area is 102 Å². The summed E-state index contributed by atoms with van der Waals surface area (Å²) in [6.45, 7) is 3.58. The number of hydrogen-bond donors (Lipinski definition) is 1. The number of nitrogens with zero attached hydrogens (tertiary/aromatic N) is 1. The molecule has 0 unspecified atom stereocenters. The molecule has 1 N–H and O–H groups in total. The van der Waals surface area contributed by atoms with Crippen molar-refractivity contribution in [2.75, 3.05) is 24.6 Å². The summed E-state index contributed by atoms with van der Waals surface area (Å²) in [4.78, 5) is 2.07. The molecule has 94 valence electrons. The second-order valence-corrected chi connectivity index (χ2v) is 6.81. The van der Waals surface area contributed by atoms with E-state index >= 15 is 0 Å². The monoisotopic (exact) mass is 255 g/mol. The van der Waals surface area contributed by atoms with Gasteiger partial charge in [0.15, 0.2) is 9.84 Å². The van der Waals surface area contributed by atoms with Gasteiger partial charge in [-0.05, 0) is 12.5 Å². The molecule has 1 aromatic carbocycles. The Bertz CT molecular complexity index is 496. The van der Waals surface area contributed by atoms with Crippen LogP contribution in [0, 0.1) is 6.92 Å². The number of phenols is 1. The van der Waals surface area contributed by atoms with Gasteiger partial charge in [0, 0.05) is 25.2 Å². The third-order valence-corrected chi connectivity index (χ3v) is 4.76. The van der Waals surface area contributed by atoms with Crippen molar-refractivity contribution < 1.29 is 13.5 Å². The molecule has 17 heavy (non-hydrogen) atoms. The molecule has 0 amide bonds. The van der Waals surface area contributed by atoms with Gasteiger partial charge in [-0.1, -0.05) is 18.2 Å². The zero-order valence-corrected chi connectivity index (χ0v) is 10.7. The van der Waals surface area contributed by atoms with Gasteiger partial charge >= 0.3 is 0 Å². The maximum Gasteiger partial charge on any atom is 0.152 e. The van der Waals surface area contributed by atoms with Crippen LogP contribution >= 0.6 is 0 Å². The first-order chi connectivity index (χ1) is 7.98. The topological polar surface area (TPSA) is 57.6 Å².